The van der Waals surface area contributed by atoms with Crippen molar-refractivity contribution in [2.75, 3.05) is 41.5 Å². The van der Waals surface area contributed by atoms with Gasteiger partial charge in [-0.3, -0.25) is 19.6 Å². The number of aliphatic carboxylic acids is 1. The standard InChI is InChI=1S/C19H24ClN5O2.C16H20ClN5.C2H4O2/c1-5-13-10(2)7-22-14(11(13)3)9-25-8-12(6-15(26)27-4)16-17(20)23-19(21)24-18(16)25;1-4-11-9(2)7-19-13(10(11)3)8-22-6-5-12-14(17)20-16(18)21-15(12)22;1-2(3)4/h7,12H,5-6,8-9H2,1-4H3,(H2,21,23,24);7H,4-6,8H2,1-3H3,(H2,18,20,21);1H3,(H,3,4)/t12-;;/m1../s1. The lowest BCUT2D eigenvalue weighted by molar-refractivity contribution is -0.141. The number of aromatic nitrogens is 6. The van der Waals surface area contributed by atoms with Gasteiger partial charge in [-0.05, 0) is 80.3 Å². The Labute approximate surface area is 320 Å². The number of rotatable bonds is 8. The molecule has 0 aliphatic carbocycles. The fourth-order valence-electron chi connectivity index (χ4n) is 6.92. The van der Waals surface area contributed by atoms with Crippen LogP contribution in [0.3, 0.4) is 0 Å². The first-order chi connectivity index (χ1) is 25.1. The zero-order chi connectivity index (χ0) is 39.1. The third-order valence-corrected chi connectivity index (χ3v) is 10.1. The molecule has 14 nitrogen and oxygen atoms in total. The van der Waals surface area contributed by atoms with Gasteiger partial charge in [-0.2, -0.15) is 9.97 Å². The number of carboxylic acids is 1. The van der Waals surface area contributed by atoms with E-state index >= 15 is 0 Å². The third-order valence-electron chi connectivity index (χ3n) is 9.51. The van der Waals surface area contributed by atoms with E-state index < -0.39 is 5.97 Å². The lowest BCUT2D eigenvalue weighted by atomic mass is 10.0. The molecule has 0 aromatic carbocycles. The van der Waals surface area contributed by atoms with Crippen LogP contribution in [0, 0.1) is 27.7 Å². The number of carbonyl (C=O) groups is 2. The first kappa shape index (κ1) is 40.9. The summed E-state index contributed by atoms with van der Waals surface area (Å²) >= 11 is 12.5. The molecule has 16 heteroatoms. The summed E-state index contributed by atoms with van der Waals surface area (Å²) in [6.45, 7) is 16.6. The van der Waals surface area contributed by atoms with Crippen molar-refractivity contribution in [1.82, 2.24) is 29.9 Å². The van der Waals surface area contributed by atoms with Crippen LogP contribution in [0.4, 0.5) is 23.5 Å². The van der Waals surface area contributed by atoms with E-state index in [1.165, 1.54) is 40.5 Å². The van der Waals surface area contributed by atoms with Crippen LogP contribution in [0.2, 0.25) is 10.3 Å². The molecule has 0 saturated carbocycles. The number of fused-ring (bicyclic) bond motifs is 2. The number of anilines is 4. The molecule has 1 atom stereocenters. The molecule has 2 aliphatic heterocycles. The van der Waals surface area contributed by atoms with Gasteiger partial charge in [0.1, 0.15) is 21.9 Å². The molecule has 53 heavy (non-hydrogen) atoms. The molecule has 284 valence electrons. The molecule has 4 aromatic heterocycles. The molecule has 0 unspecified atom stereocenters. The van der Waals surface area contributed by atoms with Gasteiger partial charge in [0.15, 0.2) is 0 Å². The van der Waals surface area contributed by atoms with Gasteiger partial charge < -0.3 is 31.1 Å². The van der Waals surface area contributed by atoms with Gasteiger partial charge in [-0.1, -0.05) is 37.0 Å². The van der Waals surface area contributed by atoms with Gasteiger partial charge >= 0.3 is 5.97 Å². The maximum absolute atomic E-state index is 11.8. The van der Waals surface area contributed by atoms with Crippen LogP contribution in [0.1, 0.15) is 89.0 Å². The van der Waals surface area contributed by atoms with Crippen LogP contribution in [-0.4, -0.2) is 67.1 Å². The molecule has 2 aliphatic rings. The van der Waals surface area contributed by atoms with Crippen LogP contribution in [-0.2, 0) is 46.7 Å². The van der Waals surface area contributed by atoms with E-state index in [2.05, 4.69) is 81.2 Å². The highest BCUT2D eigenvalue weighted by Crippen LogP contribution is 2.42. The van der Waals surface area contributed by atoms with Gasteiger partial charge in [0, 0.05) is 49.5 Å². The second-order valence-electron chi connectivity index (χ2n) is 13.0. The number of nitrogens with two attached hydrogens (primary N) is 2. The molecule has 0 saturated heterocycles. The molecule has 0 fully saturated rings. The average molecular weight is 768 g/mol. The zero-order valence-corrected chi connectivity index (χ0v) is 33.1. The van der Waals surface area contributed by atoms with Crippen molar-refractivity contribution in [2.24, 2.45) is 0 Å². The Kier molecular flexibility index (Phi) is 13.8. The molecule has 0 spiro atoms. The van der Waals surface area contributed by atoms with Crippen molar-refractivity contribution in [1.29, 1.82) is 0 Å². The van der Waals surface area contributed by atoms with Crippen molar-refractivity contribution < 1.29 is 19.4 Å². The molecule has 4 aromatic rings. The fourth-order valence-corrected chi connectivity index (χ4v) is 7.52. The molecular weight excluding hydrogens is 719 g/mol. The van der Waals surface area contributed by atoms with Crippen molar-refractivity contribution in [3.05, 3.63) is 78.6 Å². The maximum atomic E-state index is 11.8. The summed E-state index contributed by atoms with van der Waals surface area (Å²) < 4.78 is 4.83. The predicted octanol–water partition coefficient (Wildman–Crippen LogP) is 5.89. The molecule has 5 N–H and O–H groups in total. The van der Waals surface area contributed by atoms with E-state index in [-0.39, 0.29) is 35.4 Å². The number of hydrogen-bond acceptors (Lipinski definition) is 13. The Bertz CT molecular complexity index is 1990. The van der Waals surface area contributed by atoms with Crippen LogP contribution >= 0.6 is 23.2 Å². The smallest absolute Gasteiger partial charge is 0.306 e. The molecule has 6 rings (SSSR count). The average Bonchev–Trinajstić information content (AvgIpc) is 3.64. The number of esters is 1. The minimum atomic E-state index is -0.833. The van der Waals surface area contributed by atoms with Gasteiger partial charge in [0.2, 0.25) is 11.9 Å². The van der Waals surface area contributed by atoms with E-state index in [9.17, 15) is 4.79 Å². The Balaban J connectivity index is 0.000000218. The highest BCUT2D eigenvalue weighted by Gasteiger charge is 2.35. The molecule has 0 bridgehead atoms. The van der Waals surface area contributed by atoms with Crippen molar-refractivity contribution in [2.45, 2.75) is 93.2 Å². The van der Waals surface area contributed by atoms with E-state index in [0.29, 0.717) is 24.1 Å². The number of hydrogen-bond donors (Lipinski definition) is 3. The lowest BCUT2D eigenvalue weighted by Crippen LogP contribution is -2.24. The minimum absolute atomic E-state index is 0.116. The quantitative estimate of drug-likeness (QED) is 0.142. The van der Waals surface area contributed by atoms with E-state index in [1.807, 2.05) is 12.4 Å². The summed E-state index contributed by atoms with van der Waals surface area (Å²) in [5.41, 5.74) is 22.9. The van der Waals surface area contributed by atoms with Crippen molar-refractivity contribution in [3.63, 3.8) is 0 Å². The number of carboxylic acid groups (broad SMARTS) is 1. The monoisotopic (exact) mass is 766 g/mol. The number of nitrogens with zero attached hydrogens (tertiary/aromatic N) is 8. The number of carbonyl (C=O) groups excluding carboxylic acids is 1. The first-order valence-electron chi connectivity index (χ1n) is 17.4. The van der Waals surface area contributed by atoms with Gasteiger partial charge in [-0.15, -0.1) is 0 Å². The first-order valence-corrected chi connectivity index (χ1v) is 18.1. The van der Waals surface area contributed by atoms with Crippen molar-refractivity contribution >= 4 is 58.7 Å². The molecule has 6 heterocycles. The second-order valence-corrected chi connectivity index (χ2v) is 13.7. The van der Waals surface area contributed by atoms with Gasteiger partial charge in [-0.25, -0.2) is 9.97 Å². The SMILES string of the molecule is CC(=O)O.CCc1c(C)cnc(CN2CCc3c(Cl)nc(N)nc32)c1C.CCc1c(C)cnc(CN2C[C@@H](CC(=O)OC)c3c(Cl)nc(N)nc32)c1C. The Morgan fingerprint density at radius 1 is 0.849 bits per heavy atom. The van der Waals surface area contributed by atoms with Crippen LogP contribution in [0.25, 0.3) is 0 Å². The summed E-state index contributed by atoms with van der Waals surface area (Å²) in [6.07, 6.45) is 6.90. The van der Waals surface area contributed by atoms with E-state index in [1.54, 1.807) is 0 Å². The van der Waals surface area contributed by atoms with Crippen LogP contribution in [0.5, 0.6) is 0 Å². The third kappa shape index (κ3) is 9.60. The molecular formula is C37H48Cl2N10O4. The Morgan fingerprint density at radius 2 is 1.34 bits per heavy atom. The number of nitrogen functional groups attached to an aromatic ring is 2. The molecule has 0 radical (unpaired) electrons. The normalized spacial score (nSPS) is 14.1. The Morgan fingerprint density at radius 3 is 1.85 bits per heavy atom. The van der Waals surface area contributed by atoms with Gasteiger partial charge in [0.05, 0.1) is 38.0 Å². The van der Waals surface area contributed by atoms with Crippen LogP contribution < -0.4 is 21.3 Å². The predicted molar refractivity (Wildman–Crippen MR) is 208 cm³/mol. The van der Waals surface area contributed by atoms with Crippen LogP contribution in [0.15, 0.2) is 12.4 Å². The molecule has 0 amide bonds. The number of methoxy groups -OCH3 is 1. The lowest BCUT2D eigenvalue weighted by Gasteiger charge is -2.21. The number of halogens is 2. The summed E-state index contributed by atoms with van der Waals surface area (Å²) in [5.74, 6) is 0.581. The van der Waals surface area contributed by atoms with Crippen molar-refractivity contribution in [3.8, 4) is 0 Å². The highest BCUT2D eigenvalue weighted by atomic mass is 35.5. The minimum Gasteiger partial charge on any atom is -0.481 e. The topological polar surface area (TPSA) is 199 Å². The summed E-state index contributed by atoms with van der Waals surface area (Å²) in [6, 6.07) is 0. The second kappa shape index (κ2) is 17.8. The summed E-state index contributed by atoms with van der Waals surface area (Å²) in [4.78, 5) is 51.2. The highest BCUT2D eigenvalue weighted by molar-refractivity contribution is 6.31. The number of ether oxygens (including phenoxy) is 1. The summed E-state index contributed by atoms with van der Waals surface area (Å²) in [7, 11) is 1.38. The maximum Gasteiger partial charge on any atom is 0.306 e. The number of pyridine rings is 2. The largest absolute Gasteiger partial charge is 0.481 e. The van der Waals surface area contributed by atoms with Gasteiger partial charge in [0.25, 0.3) is 5.97 Å². The number of aryl methyl sites for hydroxylation is 2. The van der Waals surface area contributed by atoms with E-state index in [4.69, 9.17) is 49.3 Å². The van der Waals surface area contributed by atoms with E-state index in [0.717, 1.165) is 67.6 Å². The fraction of sp³-hybridized carbons (Fsp3) is 0.459. The Hall–Kier alpha value is -4.82. The summed E-state index contributed by atoms with van der Waals surface area (Å²) in [5, 5.41) is 8.17. The zero-order valence-electron chi connectivity index (χ0n) is 31.5.